The monoisotopic (exact) mass is 278 g/mol. The molecule has 0 radical (unpaired) electrons. The van der Waals surface area contributed by atoms with Gasteiger partial charge in [0.15, 0.2) is 0 Å². The fourth-order valence-electron chi connectivity index (χ4n) is 1.56. The van der Waals surface area contributed by atoms with Gasteiger partial charge < -0.3 is 15.0 Å². The smallest absolute Gasteiger partial charge is 0.256 e. The molecule has 2 rings (SSSR count). The summed E-state index contributed by atoms with van der Waals surface area (Å²) in [6.45, 7) is 0. The van der Waals surface area contributed by atoms with Gasteiger partial charge in [-0.25, -0.2) is 0 Å². The van der Waals surface area contributed by atoms with Crippen LogP contribution in [0.5, 0.6) is 5.75 Å². The van der Waals surface area contributed by atoms with Gasteiger partial charge in [-0.15, -0.1) is 0 Å². The Morgan fingerprint density at radius 1 is 1.32 bits per heavy atom. The maximum atomic E-state index is 12.0. The van der Waals surface area contributed by atoms with Crippen molar-refractivity contribution in [1.82, 2.24) is 4.98 Å². The lowest BCUT2D eigenvalue weighted by Crippen LogP contribution is -2.16. The summed E-state index contributed by atoms with van der Waals surface area (Å²) in [5, 5.41) is 3.12. The van der Waals surface area contributed by atoms with Crippen LogP contribution < -0.4 is 15.6 Å². The number of ether oxygens (including phenoxy) is 1. The van der Waals surface area contributed by atoms with E-state index in [1.165, 1.54) is 25.4 Å². The van der Waals surface area contributed by atoms with Gasteiger partial charge in [0.2, 0.25) is 5.56 Å². The van der Waals surface area contributed by atoms with E-state index in [0.29, 0.717) is 16.5 Å². The van der Waals surface area contributed by atoms with Gasteiger partial charge >= 0.3 is 0 Å². The molecule has 0 fully saturated rings. The Hall–Kier alpha value is -2.27. The minimum atomic E-state index is -0.410. The molecule has 0 unspecified atom stereocenters. The highest BCUT2D eigenvalue weighted by atomic mass is 35.5. The fourth-order valence-corrected chi connectivity index (χ4v) is 1.73. The Bertz CT molecular complexity index is 667. The molecule has 0 spiro atoms. The maximum Gasteiger partial charge on any atom is 0.256 e. The van der Waals surface area contributed by atoms with Crippen LogP contribution in [0.2, 0.25) is 5.02 Å². The molecular formula is C13H11ClN2O3. The zero-order valence-corrected chi connectivity index (χ0v) is 10.8. The first-order chi connectivity index (χ1) is 9.10. The van der Waals surface area contributed by atoms with Crippen LogP contribution in [0.4, 0.5) is 5.69 Å². The van der Waals surface area contributed by atoms with Crippen molar-refractivity contribution in [3.05, 3.63) is 57.5 Å². The van der Waals surface area contributed by atoms with Crippen molar-refractivity contribution in [1.29, 1.82) is 0 Å². The summed E-state index contributed by atoms with van der Waals surface area (Å²) in [5.41, 5.74) is 0.358. The van der Waals surface area contributed by atoms with Gasteiger partial charge in [0.25, 0.3) is 5.91 Å². The number of nitrogens with one attached hydrogen (secondary N) is 2. The van der Waals surface area contributed by atoms with Crippen LogP contribution in [-0.4, -0.2) is 18.0 Å². The molecule has 0 saturated carbocycles. The predicted octanol–water partition coefficient (Wildman–Crippen LogP) is 2.29. The molecular weight excluding hydrogens is 268 g/mol. The lowest BCUT2D eigenvalue weighted by molar-refractivity contribution is 0.102. The van der Waals surface area contributed by atoms with Gasteiger partial charge in [0.1, 0.15) is 5.75 Å². The summed E-state index contributed by atoms with van der Waals surface area (Å²) in [6.07, 6.45) is 1.41. The molecule has 19 heavy (non-hydrogen) atoms. The molecule has 0 saturated heterocycles. The second-order valence-corrected chi connectivity index (χ2v) is 4.18. The van der Waals surface area contributed by atoms with Crippen molar-refractivity contribution in [3.63, 3.8) is 0 Å². The molecule has 0 aliphatic rings. The lowest BCUT2D eigenvalue weighted by atomic mass is 10.2. The van der Waals surface area contributed by atoms with Crippen molar-refractivity contribution >= 4 is 23.2 Å². The number of amides is 1. The number of aromatic amines is 1. The third kappa shape index (κ3) is 3.14. The Morgan fingerprint density at radius 2 is 2.11 bits per heavy atom. The topological polar surface area (TPSA) is 71.2 Å². The number of aromatic nitrogens is 1. The summed E-state index contributed by atoms with van der Waals surface area (Å²) in [4.78, 5) is 25.6. The van der Waals surface area contributed by atoms with E-state index in [1.54, 1.807) is 18.2 Å². The van der Waals surface area contributed by atoms with E-state index in [1.807, 2.05) is 0 Å². The Labute approximate surface area is 114 Å². The van der Waals surface area contributed by atoms with Crippen LogP contribution >= 0.6 is 11.6 Å². The average Bonchev–Trinajstić information content (AvgIpc) is 2.39. The molecule has 1 aromatic carbocycles. The fraction of sp³-hybridized carbons (Fsp3) is 0.0769. The molecule has 1 aromatic heterocycles. The van der Waals surface area contributed by atoms with E-state index in [0.717, 1.165) is 0 Å². The second-order valence-electron chi connectivity index (χ2n) is 3.74. The van der Waals surface area contributed by atoms with Gasteiger partial charge in [-0.3, -0.25) is 9.59 Å². The van der Waals surface area contributed by atoms with Crippen LogP contribution in [0.3, 0.4) is 0 Å². The molecule has 0 bridgehead atoms. The number of carbonyl (C=O) groups excluding carboxylic acids is 1. The number of benzene rings is 1. The first-order valence-corrected chi connectivity index (χ1v) is 5.81. The highest BCUT2D eigenvalue weighted by Gasteiger charge is 2.10. The molecule has 6 heteroatoms. The minimum Gasteiger partial charge on any atom is -0.495 e. The number of H-pyrrole nitrogens is 1. The molecule has 2 aromatic rings. The molecule has 5 nitrogen and oxygen atoms in total. The number of anilines is 1. The summed E-state index contributed by atoms with van der Waals surface area (Å²) in [5.74, 6) is 0.0780. The van der Waals surface area contributed by atoms with E-state index in [9.17, 15) is 9.59 Å². The highest BCUT2D eigenvalue weighted by molar-refractivity contribution is 6.31. The van der Waals surface area contributed by atoms with Gasteiger partial charge in [0.05, 0.1) is 12.8 Å². The Morgan fingerprint density at radius 3 is 2.79 bits per heavy atom. The van der Waals surface area contributed by atoms with Crippen molar-refractivity contribution < 1.29 is 9.53 Å². The number of rotatable bonds is 3. The number of hydrogen-bond donors (Lipinski definition) is 2. The third-order valence-corrected chi connectivity index (χ3v) is 2.68. The minimum absolute atomic E-state index is 0.255. The standard InChI is InChI=1S/C13H11ClN2O3/c1-19-11-3-2-9(14)7-10(11)16-13(18)8-4-5-15-12(17)6-8/h2-7H,1H3,(H,15,17)(H,16,18). The second kappa shape index (κ2) is 5.58. The zero-order valence-electron chi connectivity index (χ0n) is 10.1. The summed E-state index contributed by atoms with van der Waals surface area (Å²) < 4.78 is 5.12. The largest absolute Gasteiger partial charge is 0.495 e. The normalized spacial score (nSPS) is 10.0. The summed E-state index contributed by atoms with van der Waals surface area (Å²) >= 11 is 5.87. The van der Waals surface area contributed by atoms with E-state index < -0.39 is 5.91 Å². The zero-order chi connectivity index (χ0) is 13.8. The molecule has 1 amide bonds. The summed E-state index contributed by atoms with van der Waals surface area (Å²) in [6, 6.07) is 7.60. The van der Waals surface area contributed by atoms with E-state index in [4.69, 9.17) is 16.3 Å². The Balaban J connectivity index is 2.28. The quantitative estimate of drug-likeness (QED) is 0.905. The molecule has 0 aliphatic heterocycles. The highest BCUT2D eigenvalue weighted by Crippen LogP contribution is 2.27. The summed E-state index contributed by atoms with van der Waals surface area (Å²) in [7, 11) is 1.49. The van der Waals surface area contributed by atoms with E-state index in [2.05, 4.69) is 10.3 Å². The van der Waals surface area contributed by atoms with Crippen LogP contribution in [0.15, 0.2) is 41.3 Å². The van der Waals surface area contributed by atoms with Gasteiger partial charge in [-0.2, -0.15) is 0 Å². The number of hydrogen-bond acceptors (Lipinski definition) is 3. The molecule has 2 N–H and O–H groups in total. The SMILES string of the molecule is COc1ccc(Cl)cc1NC(=O)c1cc[nH]c(=O)c1. The number of methoxy groups -OCH3 is 1. The average molecular weight is 279 g/mol. The van der Waals surface area contributed by atoms with Crippen LogP contribution in [0.25, 0.3) is 0 Å². The number of halogens is 1. The lowest BCUT2D eigenvalue weighted by Gasteiger charge is -2.10. The first-order valence-electron chi connectivity index (χ1n) is 5.44. The van der Waals surface area contributed by atoms with Crippen molar-refractivity contribution in [3.8, 4) is 5.75 Å². The van der Waals surface area contributed by atoms with Crippen molar-refractivity contribution in [2.24, 2.45) is 0 Å². The third-order valence-electron chi connectivity index (χ3n) is 2.45. The first kappa shape index (κ1) is 13.2. The van der Waals surface area contributed by atoms with Crippen LogP contribution in [0.1, 0.15) is 10.4 Å². The van der Waals surface area contributed by atoms with Gasteiger partial charge in [-0.05, 0) is 24.3 Å². The van der Waals surface area contributed by atoms with E-state index >= 15 is 0 Å². The number of carbonyl (C=O) groups is 1. The molecule has 0 aliphatic carbocycles. The molecule has 98 valence electrons. The Kier molecular flexibility index (Phi) is 3.87. The van der Waals surface area contributed by atoms with E-state index in [-0.39, 0.29) is 11.1 Å². The van der Waals surface area contributed by atoms with Crippen LogP contribution in [-0.2, 0) is 0 Å². The van der Waals surface area contributed by atoms with Gasteiger partial charge in [0, 0.05) is 22.8 Å². The van der Waals surface area contributed by atoms with Gasteiger partial charge in [-0.1, -0.05) is 11.6 Å². The molecule has 0 atom stereocenters. The predicted molar refractivity (Wildman–Crippen MR) is 73.0 cm³/mol. The van der Waals surface area contributed by atoms with Crippen molar-refractivity contribution in [2.75, 3.05) is 12.4 Å². The number of pyridine rings is 1. The molecule has 1 heterocycles. The van der Waals surface area contributed by atoms with Crippen LogP contribution in [0, 0.1) is 0 Å². The maximum absolute atomic E-state index is 12.0. The van der Waals surface area contributed by atoms with Crippen molar-refractivity contribution in [2.45, 2.75) is 0 Å².